The molecule has 0 radical (unpaired) electrons. The van der Waals surface area contributed by atoms with E-state index in [2.05, 4.69) is 5.32 Å². The second kappa shape index (κ2) is 5.30. The van der Waals surface area contributed by atoms with Gasteiger partial charge in [0.25, 0.3) is 5.69 Å². The van der Waals surface area contributed by atoms with Crippen LogP contribution >= 0.6 is 0 Å². The Morgan fingerprint density at radius 2 is 2.11 bits per heavy atom. The van der Waals surface area contributed by atoms with Crippen molar-refractivity contribution in [3.05, 3.63) is 34.1 Å². The summed E-state index contributed by atoms with van der Waals surface area (Å²) in [5.74, 6) is -0.824. The van der Waals surface area contributed by atoms with Crippen molar-refractivity contribution >= 4 is 21.2 Å². The number of sulfone groups is 1. The number of nitrogens with one attached hydrogen (secondary N) is 1. The van der Waals surface area contributed by atoms with E-state index in [1.807, 2.05) is 0 Å². The van der Waals surface area contributed by atoms with Gasteiger partial charge in [-0.25, -0.2) is 12.8 Å². The third-order valence-electron chi connectivity index (χ3n) is 2.11. The number of nitro benzene ring substituents is 1. The highest BCUT2D eigenvalue weighted by Gasteiger charge is 2.18. The fourth-order valence-corrected chi connectivity index (χ4v) is 2.54. The van der Waals surface area contributed by atoms with Gasteiger partial charge in [-0.15, -0.1) is 0 Å². The van der Waals surface area contributed by atoms with E-state index in [1.165, 1.54) is 0 Å². The summed E-state index contributed by atoms with van der Waals surface area (Å²) in [5, 5.41) is 13.4. The van der Waals surface area contributed by atoms with Crippen LogP contribution < -0.4 is 5.32 Å². The van der Waals surface area contributed by atoms with Crippen LogP contribution in [-0.2, 0) is 9.84 Å². The number of hydrogen-bond acceptors (Lipinski definition) is 5. The van der Waals surface area contributed by atoms with Crippen molar-refractivity contribution in [2.45, 2.75) is 13.0 Å². The van der Waals surface area contributed by atoms with Gasteiger partial charge in [0.2, 0.25) is 0 Å². The maximum absolute atomic E-state index is 13.0. The molecule has 100 valence electrons. The van der Waals surface area contributed by atoms with Gasteiger partial charge in [0.15, 0.2) is 0 Å². The first-order valence-corrected chi connectivity index (χ1v) is 7.13. The average Bonchev–Trinajstić information content (AvgIpc) is 2.13. The first-order chi connectivity index (χ1) is 8.19. The van der Waals surface area contributed by atoms with Gasteiger partial charge < -0.3 is 5.32 Å². The predicted molar refractivity (Wildman–Crippen MR) is 65.8 cm³/mol. The number of hydrogen-bond donors (Lipinski definition) is 1. The molecule has 1 unspecified atom stereocenters. The second-order valence-corrected chi connectivity index (χ2v) is 6.24. The van der Waals surface area contributed by atoms with Crippen LogP contribution in [0.3, 0.4) is 0 Å². The number of nitrogens with zero attached hydrogens (tertiary/aromatic N) is 1. The van der Waals surface area contributed by atoms with Gasteiger partial charge in [-0.05, 0) is 13.0 Å². The zero-order valence-electron chi connectivity index (χ0n) is 9.88. The SMILES string of the molecule is CC(CS(C)(=O)=O)Nc1cc(F)ccc1[N+](=O)[O-]. The smallest absolute Gasteiger partial charge is 0.292 e. The first-order valence-electron chi connectivity index (χ1n) is 5.07. The van der Waals surface area contributed by atoms with Crippen LogP contribution in [0.4, 0.5) is 15.8 Å². The highest BCUT2D eigenvalue weighted by Crippen LogP contribution is 2.25. The summed E-state index contributed by atoms with van der Waals surface area (Å²) in [4.78, 5) is 10.1. The van der Waals surface area contributed by atoms with E-state index in [0.29, 0.717) is 0 Å². The fraction of sp³-hybridized carbons (Fsp3) is 0.400. The van der Waals surface area contributed by atoms with Gasteiger partial charge in [0.1, 0.15) is 21.3 Å². The Hall–Kier alpha value is -1.70. The number of nitro groups is 1. The van der Waals surface area contributed by atoms with Crippen LogP contribution in [0.5, 0.6) is 0 Å². The van der Waals surface area contributed by atoms with Crippen molar-refractivity contribution in [2.24, 2.45) is 0 Å². The molecule has 18 heavy (non-hydrogen) atoms. The molecule has 0 fully saturated rings. The number of rotatable bonds is 5. The summed E-state index contributed by atoms with van der Waals surface area (Å²) in [6.07, 6.45) is 1.06. The lowest BCUT2D eigenvalue weighted by atomic mass is 10.2. The maximum Gasteiger partial charge on any atom is 0.292 e. The lowest BCUT2D eigenvalue weighted by Gasteiger charge is -2.14. The average molecular weight is 276 g/mol. The molecular formula is C10H13FN2O4S. The molecule has 0 heterocycles. The van der Waals surface area contributed by atoms with Crippen LogP contribution in [0.2, 0.25) is 0 Å². The maximum atomic E-state index is 13.0. The summed E-state index contributed by atoms with van der Waals surface area (Å²) in [7, 11) is -3.21. The van der Waals surface area contributed by atoms with Crippen molar-refractivity contribution in [3.8, 4) is 0 Å². The van der Waals surface area contributed by atoms with Gasteiger partial charge in [-0.1, -0.05) is 0 Å². The monoisotopic (exact) mass is 276 g/mol. The van der Waals surface area contributed by atoms with E-state index in [1.54, 1.807) is 6.92 Å². The Balaban J connectivity index is 2.96. The largest absolute Gasteiger partial charge is 0.376 e. The van der Waals surface area contributed by atoms with Crippen LogP contribution in [0.15, 0.2) is 18.2 Å². The highest BCUT2D eigenvalue weighted by atomic mass is 32.2. The molecule has 0 aliphatic rings. The summed E-state index contributed by atoms with van der Waals surface area (Å²) in [6, 6.07) is 2.42. The van der Waals surface area contributed by atoms with Crippen molar-refractivity contribution in [2.75, 3.05) is 17.3 Å². The Morgan fingerprint density at radius 3 is 2.61 bits per heavy atom. The number of anilines is 1. The minimum atomic E-state index is -3.21. The van der Waals surface area contributed by atoms with E-state index in [4.69, 9.17) is 0 Å². The number of halogens is 1. The second-order valence-electron chi connectivity index (χ2n) is 4.06. The lowest BCUT2D eigenvalue weighted by molar-refractivity contribution is -0.384. The zero-order valence-corrected chi connectivity index (χ0v) is 10.7. The Kier molecular flexibility index (Phi) is 4.23. The van der Waals surface area contributed by atoms with Crippen molar-refractivity contribution in [1.82, 2.24) is 0 Å². The third kappa shape index (κ3) is 4.28. The summed E-state index contributed by atoms with van der Waals surface area (Å²) >= 11 is 0. The molecule has 1 atom stereocenters. The van der Waals surface area contributed by atoms with Crippen molar-refractivity contribution in [3.63, 3.8) is 0 Å². The van der Waals surface area contributed by atoms with Gasteiger partial charge in [-0.2, -0.15) is 0 Å². The molecule has 8 heteroatoms. The normalized spacial score (nSPS) is 13.1. The van der Waals surface area contributed by atoms with Crippen LogP contribution in [-0.4, -0.2) is 31.4 Å². The van der Waals surface area contributed by atoms with Gasteiger partial charge >= 0.3 is 0 Å². The van der Waals surface area contributed by atoms with E-state index < -0.39 is 26.6 Å². The van der Waals surface area contributed by atoms with E-state index in [-0.39, 0.29) is 17.1 Å². The Morgan fingerprint density at radius 1 is 1.50 bits per heavy atom. The van der Waals surface area contributed by atoms with Gasteiger partial charge in [0, 0.05) is 24.4 Å². The molecule has 0 saturated heterocycles. The molecule has 0 amide bonds. The molecule has 1 aromatic rings. The molecule has 6 nitrogen and oxygen atoms in total. The summed E-state index contributed by atoms with van der Waals surface area (Å²) in [6.45, 7) is 1.55. The zero-order chi connectivity index (χ0) is 13.9. The first kappa shape index (κ1) is 14.4. The molecule has 0 aromatic heterocycles. The number of benzene rings is 1. The fourth-order valence-electron chi connectivity index (χ4n) is 1.54. The molecule has 0 spiro atoms. The minimum absolute atomic E-state index is 0.0313. The Labute approximate surface area is 104 Å². The van der Waals surface area contributed by atoms with Gasteiger partial charge in [0.05, 0.1) is 10.7 Å². The molecule has 0 saturated carbocycles. The van der Waals surface area contributed by atoms with Crippen molar-refractivity contribution in [1.29, 1.82) is 0 Å². The summed E-state index contributed by atoms with van der Waals surface area (Å²) < 4.78 is 35.2. The van der Waals surface area contributed by atoms with E-state index in [0.717, 1.165) is 24.5 Å². The topological polar surface area (TPSA) is 89.3 Å². The summed E-state index contributed by atoms with van der Waals surface area (Å²) in [5.41, 5.74) is -0.326. The van der Waals surface area contributed by atoms with E-state index in [9.17, 15) is 22.9 Å². The quantitative estimate of drug-likeness (QED) is 0.651. The van der Waals surface area contributed by atoms with Crippen molar-refractivity contribution < 1.29 is 17.7 Å². The van der Waals surface area contributed by atoms with Crippen LogP contribution in [0.25, 0.3) is 0 Å². The lowest BCUT2D eigenvalue weighted by Crippen LogP contribution is -2.25. The standard InChI is InChI=1S/C10H13FN2O4S/c1-7(6-18(2,16)17)12-9-5-8(11)3-4-10(9)13(14)15/h3-5,7,12H,6H2,1-2H3. The van der Waals surface area contributed by atoms with Gasteiger partial charge in [-0.3, -0.25) is 10.1 Å². The predicted octanol–water partition coefficient (Wildman–Crippen LogP) is 1.58. The molecule has 0 aliphatic carbocycles. The molecule has 0 aliphatic heterocycles. The molecular weight excluding hydrogens is 263 g/mol. The molecule has 1 rings (SSSR count). The molecule has 1 aromatic carbocycles. The van der Waals surface area contributed by atoms with Crippen LogP contribution in [0.1, 0.15) is 6.92 Å². The minimum Gasteiger partial charge on any atom is -0.376 e. The Bertz CT molecular complexity index is 559. The third-order valence-corrected chi connectivity index (χ3v) is 3.22. The van der Waals surface area contributed by atoms with Crippen LogP contribution in [0, 0.1) is 15.9 Å². The molecule has 1 N–H and O–H groups in total. The van der Waals surface area contributed by atoms with E-state index >= 15 is 0 Å². The molecule has 0 bridgehead atoms. The highest BCUT2D eigenvalue weighted by molar-refractivity contribution is 7.90.